The van der Waals surface area contributed by atoms with E-state index in [2.05, 4.69) is 199 Å². The Morgan fingerprint density at radius 2 is 0.848 bits per heavy atom. The van der Waals surface area contributed by atoms with Crippen LogP contribution in [0.1, 0.15) is 65.5 Å². The van der Waals surface area contributed by atoms with Gasteiger partial charge in [-0.25, -0.2) is 15.0 Å². The van der Waals surface area contributed by atoms with Crippen molar-refractivity contribution in [2.75, 3.05) is 0 Å². The molecule has 4 bridgehead atoms. The summed E-state index contributed by atoms with van der Waals surface area (Å²) in [6, 6.07) is 72.1. The van der Waals surface area contributed by atoms with Gasteiger partial charge in [-0.1, -0.05) is 164 Å². The second-order valence-electron chi connectivity index (χ2n) is 19.9. The van der Waals surface area contributed by atoms with Gasteiger partial charge in [-0.2, -0.15) is 0 Å². The van der Waals surface area contributed by atoms with Crippen LogP contribution in [0.25, 0.3) is 72.8 Å². The van der Waals surface area contributed by atoms with Gasteiger partial charge in [-0.15, -0.1) is 0 Å². The largest absolute Gasteiger partial charge is 0.309 e. The molecule has 4 saturated carbocycles. The van der Waals surface area contributed by atoms with E-state index in [-0.39, 0.29) is 5.41 Å². The maximum Gasteiger partial charge on any atom is 0.164 e. The molecule has 2 heterocycles. The monoisotopic (exact) mass is 846 g/mol. The fourth-order valence-electron chi connectivity index (χ4n) is 14.8. The summed E-state index contributed by atoms with van der Waals surface area (Å²) in [5.41, 5.74) is 17.2. The molecule has 314 valence electrons. The fourth-order valence-corrected chi connectivity index (χ4v) is 14.8. The van der Waals surface area contributed by atoms with Crippen LogP contribution in [0.4, 0.5) is 0 Å². The lowest BCUT2D eigenvalue weighted by atomic mass is 9.38. The average Bonchev–Trinajstić information content (AvgIpc) is 3.87. The van der Waals surface area contributed by atoms with E-state index in [9.17, 15) is 0 Å². The third-order valence-corrected chi connectivity index (χ3v) is 16.9. The van der Waals surface area contributed by atoms with Crippen molar-refractivity contribution in [3.8, 4) is 51.0 Å². The highest BCUT2D eigenvalue weighted by Gasteiger charge is 2.64. The molecule has 4 fully saturated rings. The van der Waals surface area contributed by atoms with Crippen LogP contribution in [-0.2, 0) is 10.8 Å². The molecule has 6 aliphatic carbocycles. The highest BCUT2D eigenvalue weighted by molar-refractivity contribution is 6.09. The molecular weight excluding hydrogens is 801 g/mol. The lowest BCUT2D eigenvalue weighted by Crippen LogP contribution is -2.59. The molecule has 16 rings (SSSR count). The zero-order valence-corrected chi connectivity index (χ0v) is 36.6. The molecular formula is C62H46N4. The first-order valence-electron chi connectivity index (χ1n) is 24.0. The molecule has 0 amide bonds. The van der Waals surface area contributed by atoms with Crippen molar-refractivity contribution in [3.05, 3.63) is 228 Å². The minimum Gasteiger partial charge on any atom is -0.309 e. The zero-order valence-electron chi connectivity index (χ0n) is 36.6. The summed E-state index contributed by atoms with van der Waals surface area (Å²) < 4.78 is 2.37. The molecule has 0 saturated heterocycles. The molecule has 6 aliphatic rings. The van der Waals surface area contributed by atoms with E-state index in [0.29, 0.717) is 29.3 Å². The van der Waals surface area contributed by atoms with Crippen molar-refractivity contribution in [2.24, 2.45) is 23.7 Å². The molecule has 0 N–H and O–H groups in total. The summed E-state index contributed by atoms with van der Waals surface area (Å²) in [5, 5.41) is 2.48. The Hall–Kier alpha value is -7.43. The molecule has 66 heavy (non-hydrogen) atoms. The molecule has 0 aliphatic heterocycles. The normalized spacial score (nSPS) is 22.4. The second-order valence-corrected chi connectivity index (χ2v) is 19.9. The summed E-state index contributed by atoms with van der Waals surface area (Å²) in [6.07, 6.45) is 6.73. The van der Waals surface area contributed by atoms with Gasteiger partial charge in [0.1, 0.15) is 0 Å². The number of benzene rings is 8. The van der Waals surface area contributed by atoms with Crippen LogP contribution >= 0.6 is 0 Å². The van der Waals surface area contributed by atoms with Crippen molar-refractivity contribution in [2.45, 2.75) is 42.9 Å². The van der Waals surface area contributed by atoms with Gasteiger partial charge in [0.05, 0.1) is 16.4 Å². The maximum absolute atomic E-state index is 5.49. The smallest absolute Gasteiger partial charge is 0.164 e. The van der Waals surface area contributed by atoms with E-state index in [1.165, 1.54) is 92.9 Å². The summed E-state index contributed by atoms with van der Waals surface area (Å²) in [7, 11) is 0. The Kier molecular flexibility index (Phi) is 7.57. The lowest BCUT2D eigenvalue weighted by molar-refractivity contribution is -0.0440. The Morgan fingerprint density at radius 3 is 1.48 bits per heavy atom. The predicted molar refractivity (Wildman–Crippen MR) is 266 cm³/mol. The third-order valence-electron chi connectivity index (χ3n) is 16.9. The number of nitrogens with zero attached hydrogens (tertiary/aromatic N) is 4. The molecule has 4 heteroatoms. The van der Waals surface area contributed by atoms with Gasteiger partial charge in [0, 0.05) is 38.6 Å². The first-order chi connectivity index (χ1) is 32.7. The third kappa shape index (κ3) is 4.81. The Morgan fingerprint density at radius 1 is 0.364 bits per heavy atom. The molecule has 2 spiro atoms. The van der Waals surface area contributed by atoms with Gasteiger partial charge in [0.25, 0.3) is 0 Å². The van der Waals surface area contributed by atoms with Crippen LogP contribution in [0.5, 0.6) is 0 Å². The summed E-state index contributed by atoms with van der Waals surface area (Å²) >= 11 is 0. The molecule has 0 atom stereocenters. The van der Waals surface area contributed by atoms with Gasteiger partial charge in [-0.3, -0.25) is 0 Å². The average molecular weight is 847 g/mol. The number of fused-ring (bicyclic) bond motifs is 12. The van der Waals surface area contributed by atoms with E-state index < -0.39 is 5.41 Å². The van der Waals surface area contributed by atoms with E-state index >= 15 is 0 Å². The van der Waals surface area contributed by atoms with Crippen LogP contribution < -0.4 is 0 Å². The first-order valence-corrected chi connectivity index (χ1v) is 24.0. The lowest BCUT2D eigenvalue weighted by Gasteiger charge is -2.65. The van der Waals surface area contributed by atoms with E-state index in [1.807, 2.05) is 0 Å². The summed E-state index contributed by atoms with van der Waals surface area (Å²) in [5.74, 6) is 4.98. The quantitative estimate of drug-likeness (QED) is 0.177. The van der Waals surface area contributed by atoms with Crippen molar-refractivity contribution in [1.29, 1.82) is 0 Å². The number of rotatable bonds is 4. The van der Waals surface area contributed by atoms with Crippen LogP contribution in [0, 0.1) is 23.7 Å². The molecule has 0 unspecified atom stereocenters. The minimum absolute atomic E-state index is 0.0394. The van der Waals surface area contributed by atoms with Crippen molar-refractivity contribution < 1.29 is 0 Å². The zero-order chi connectivity index (χ0) is 43.1. The highest BCUT2D eigenvalue weighted by Crippen LogP contribution is 2.71. The van der Waals surface area contributed by atoms with Crippen LogP contribution in [-0.4, -0.2) is 19.5 Å². The second kappa shape index (κ2) is 13.6. The SMILES string of the molecule is c1ccc(-c2nc(-c3cccc(-n4c5ccccc5c5ccccc54)c3)nc(-c3ccc4c(c3)C3(c5ccccc5-c5ccccc53)c3ccccc3C43C4CC5CC(C4)CC3C5)n2)cc1. The van der Waals surface area contributed by atoms with Gasteiger partial charge < -0.3 is 4.57 Å². The van der Waals surface area contributed by atoms with Gasteiger partial charge >= 0.3 is 0 Å². The molecule has 2 aromatic heterocycles. The molecule has 0 radical (unpaired) electrons. The highest BCUT2D eigenvalue weighted by atomic mass is 15.0. The molecule has 10 aromatic rings. The molecule has 4 nitrogen and oxygen atoms in total. The van der Waals surface area contributed by atoms with Crippen molar-refractivity contribution in [1.82, 2.24) is 19.5 Å². The summed E-state index contributed by atoms with van der Waals surface area (Å²) in [4.78, 5) is 16.2. The topological polar surface area (TPSA) is 43.6 Å². The minimum atomic E-state index is -0.496. The van der Waals surface area contributed by atoms with Gasteiger partial charge in [-0.05, 0) is 131 Å². The Balaban J connectivity index is 0.985. The Labute approximate surface area is 384 Å². The first kappa shape index (κ1) is 36.9. The van der Waals surface area contributed by atoms with Gasteiger partial charge in [0.15, 0.2) is 17.5 Å². The number of hydrogen-bond donors (Lipinski definition) is 0. The Bertz CT molecular complexity index is 3510. The standard InChI is InChI=1S/C62H46N4/c1-2-15-40(16-3-1)58-63-59(41-17-14-18-45(36-41)66-56-27-12-6-21-48(56)49-22-7-13-28-57(49)66)65-60(64-58)42-29-30-54-55(37-42)62(50-23-8-4-19-46(50)47-20-5-9-24-51(47)62)53-26-11-10-25-52(53)61(54)43-32-38-31-39(34-43)35-44(61)33-38/h1-30,36-39,43-44H,31-35H2. The summed E-state index contributed by atoms with van der Waals surface area (Å²) in [6.45, 7) is 0. The molecule has 8 aromatic carbocycles. The number of hydrogen-bond acceptors (Lipinski definition) is 3. The van der Waals surface area contributed by atoms with Crippen LogP contribution in [0.2, 0.25) is 0 Å². The fraction of sp³-hybridized carbons (Fsp3) is 0.177. The van der Waals surface area contributed by atoms with Crippen molar-refractivity contribution in [3.63, 3.8) is 0 Å². The van der Waals surface area contributed by atoms with E-state index in [0.717, 1.165) is 34.2 Å². The number of aromatic nitrogens is 4. The van der Waals surface area contributed by atoms with Gasteiger partial charge in [0.2, 0.25) is 0 Å². The van der Waals surface area contributed by atoms with E-state index in [1.54, 1.807) is 5.56 Å². The van der Waals surface area contributed by atoms with Crippen LogP contribution in [0.15, 0.2) is 194 Å². The van der Waals surface area contributed by atoms with E-state index in [4.69, 9.17) is 15.0 Å². The predicted octanol–water partition coefficient (Wildman–Crippen LogP) is 14.4. The van der Waals surface area contributed by atoms with Crippen molar-refractivity contribution >= 4 is 21.8 Å². The number of para-hydroxylation sites is 2. The van der Waals surface area contributed by atoms with Crippen LogP contribution in [0.3, 0.4) is 0 Å². The maximum atomic E-state index is 5.49.